The fraction of sp³-hybridized carbons (Fsp3) is 0.889. The molecular weight excluding hydrogens is 290 g/mol. The summed E-state index contributed by atoms with van der Waals surface area (Å²) in [6, 6.07) is 0. The Morgan fingerprint density at radius 2 is 1.74 bits per heavy atom. The van der Waals surface area contributed by atoms with E-state index in [0.29, 0.717) is 12.3 Å². The van der Waals surface area contributed by atoms with Crippen molar-refractivity contribution >= 4 is 11.8 Å². The maximum atomic E-state index is 12.2. The lowest BCUT2D eigenvalue weighted by molar-refractivity contribution is -0.134. The van der Waals surface area contributed by atoms with Gasteiger partial charge in [0.05, 0.1) is 6.54 Å². The van der Waals surface area contributed by atoms with E-state index in [0.717, 1.165) is 51.4 Å². The van der Waals surface area contributed by atoms with Crippen molar-refractivity contribution < 1.29 is 9.59 Å². The number of likely N-dealkylation sites (tertiary alicyclic amines) is 1. The molecule has 23 heavy (non-hydrogen) atoms. The highest BCUT2D eigenvalue weighted by molar-refractivity contribution is 5.84. The molecule has 0 atom stereocenters. The average Bonchev–Trinajstić information content (AvgIpc) is 3.10. The summed E-state index contributed by atoms with van der Waals surface area (Å²) in [5.41, 5.74) is 0. The molecule has 0 aromatic rings. The molecule has 0 bridgehead atoms. The van der Waals surface area contributed by atoms with Gasteiger partial charge in [0, 0.05) is 19.5 Å². The van der Waals surface area contributed by atoms with Crippen LogP contribution in [0.15, 0.2) is 0 Å². The topological polar surface area (TPSA) is 61.4 Å². The Labute approximate surface area is 140 Å². The first-order valence-electron chi connectivity index (χ1n) is 9.44. The third kappa shape index (κ3) is 6.50. The van der Waals surface area contributed by atoms with Gasteiger partial charge in [-0.25, -0.2) is 0 Å². The van der Waals surface area contributed by atoms with Gasteiger partial charge in [0.2, 0.25) is 11.8 Å². The van der Waals surface area contributed by atoms with E-state index in [1.807, 2.05) is 4.90 Å². The van der Waals surface area contributed by atoms with E-state index in [4.69, 9.17) is 0 Å². The quantitative estimate of drug-likeness (QED) is 0.717. The lowest BCUT2D eigenvalue weighted by Gasteiger charge is -2.32. The van der Waals surface area contributed by atoms with E-state index in [1.165, 1.54) is 25.7 Å². The fourth-order valence-electron chi connectivity index (χ4n) is 3.74. The molecule has 1 aliphatic heterocycles. The van der Waals surface area contributed by atoms with Crippen LogP contribution in [0.4, 0.5) is 0 Å². The molecule has 2 fully saturated rings. The van der Waals surface area contributed by atoms with Crippen LogP contribution in [0.3, 0.4) is 0 Å². The molecule has 1 saturated heterocycles. The summed E-state index contributed by atoms with van der Waals surface area (Å²) in [6.07, 6.45) is 8.85. The number of nitrogens with one attached hydrogen (secondary N) is 2. The second kappa shape index (κ2) is 9.91. The van der Waals surface area contributed by atoms with Gasteiger partial charge in [-0.1, -0.05) is 32.6 Å². The average molecular weight is 323 g/mol. The van der Waals surface area contributed by atoms with Gasteiger partial charge in [-0.05, 0) is 44.2 Å². The van der Waals surface area contributed by atoms with Gasteiger partial charge in [0.15, 0.2) is 0 Å². The molecule has 0 unspecified atom stereocenters. The zero-order valence-electron chi connectivity index (χ0n) is 14.6. The molecule has 0 spiro atoms. The minimum absolute atomic E-state index is 0.0345. The highest BCUT2D eigenvalue weighted by Crippen LogP contribution is 2.28. The van der Waals surface area contributed by atoms with Crippen LogP contribution in [0.5, 0.6) is 0 Å². The molecule has 0 aromatic carbocycles. The number of nitrogens with zero attached hydrogens (tertiary/aromatic N) is 1. The van der Waals surface area contributed by atoms with Gasteiger partial charge in [-0.2, -0.15) is 0 Å². The van der Waals surface area contributed by atoms with Gasteiger partial charge in [-0.15, -0.1) is 0 Å². The van der Waals surface area contributed by atoms with Crippen molar-refractivity contribution in [2.75, 3.05) is 32.7 Å². The highest BCUT2D eigenvalue weighted by Gasteiger charge is 2.22. The van der Waals surface area contributed by atoms with Crippen molar-refractivity contribution in [3.63, 3.8) is 0 Å². The number of hydrogen-bond acceptors (Lipinski definition) is 3. The minimum Gasteiger partial charge on any atom is -0.347 e. The number of amides is 2. The highest BCUT2D eigenvalue weighted by atomic mass is 16.2. The van der Waals surface area contributed by atoms with Crippen LogP contribution in [-0.4, -0.2) is 49.4 Å². The number of rotatable bonds is 8. The zero-order valence-corrected chi connectivity index (χ0v) is 14.6. The smallest absolute Gasteiger partial charge is 0.241 e. The third-order valence-corrected chi connectivity index (χ3v) is 5.34. The Morgan fingerprint density at radius 3 is 2.39 bits per heavy atom. The van der Waals surface area contributed by atoms with Crippen LogP contribution in [0.2, 0.25) is 0 Å². The summed E-state index contributed by atoms with van der Waals surface area (Å²) in [4.78, 5) is 25.9. The van der Waals surface area contributed by atoms with Crippen molar-refractivity contribution in [1.82, 2.24) is 15.5 Å². The van der Waals surface area contributed by atoms with Crippen molar-refractivity contribution in [2.45, 2.75) is 58.3 Å². The Kier molecular flexibility index (Phi) is 7.86. The maximum absolute atomic E-state index is 12.2. The summed E-state index contributed by atoms with van der Waals surface area (Å²) < 4.78 is 0. The Bertz CT molecular complexity index is 372. The molecule has 1 aliphatic carbocycles. The predicted molar refractivity (Wildman–Crippen MR) is 92.0 cm³/mol. The Balaban J connectivity index is 1.56. The number of piperidine rings is 1. The molecule has 0 aromatic heterocycles. The molecule has 1 heterocycles. The summed E-state index contributed by atoms with van der Waals surface area (Å²) in [6.45, 7) is 6.00. The Morgan fingerprint density at radius 1 is 1.04 bits per heavy atom. The summed E-state index contributed by atoms with van der Waals surface area (Å²) in [7, 11) is 0. The van der Waals surface area contributed by atoms with Crippen LogP contribution in [0.25, 0.3) is 0 Å². The van der Waals surface area contributed by atoms with Crippen LogP contribution in [0, 0.1) is 11.8 Å². The largest absolute Gasteiger partial charge is 0.347 e. The van der Waals surface area contributed by atoms with Gasteiger partial charge in [0.25, 0.3) is 0 Å². The van der Waals surface area contributed by atoms with E-state index in [-0.39, 0.29) is 18.4 Å². The van der Waals surface area contributed by atoms with E-state index in [1.54, 1.807) is 0 Å². The molecule has 5 heteroatoms. The van der Waals surface area contributed by atoms with Crippen molar-refractivity contribution in [3.8, 4) is 0 Å². The normalized spacial score (nSPS) is 20.0. The van der Waals surface area contributed by atoms with Gasteiger partial charge < -0.3 is 15.5 Å². The van der Waals surface area contributed by atoms with E-state index in [2.05, 4.69) is 17.6 Å². The molecule has 2 rings (SSSR count). The molecular formula is C18H33N3O2. The first-order chi connectivity index (χ1) is 11.2. The number of carbonyl (C=O) groups is 2. The van der Waals surface area contributed by atoms with Gasteiger partial charge in [0.1, 0.15) is 0 Å². The summed E-state index contributed by atoms with van der Waals surface area (Å²) >= 11 is 0. The van der Waals surface area contributed by atoms with E-state index < -0.39 is 0 Å². The monoisotopic (exact) mass is 323 g/mol. The summed E-state index contributed by atoms with van der Waals surface area (Å²) in [5, 5.41) is 6.19. The number of hydrogen-bond donors (Lipinski definition) is 2. The number of carbonyl (C=O) groups excluding carboxylic acids is 2. The molecule has 132 valence electrons. The lowest BCUT2D eigenvalue weighted by atomic mass is 9.97. The molecule has 5 nitrogen and oxygen atoms in total. The first kappa shape index (κ1) is 18.2. The van der Waals surface area contributed by atoms with Crippen molar-refractivity contribution in [1.29, 1.82) is 0 Å². The van der Waals surface area contributed by atoms with Crippen LogP contribution < -0.4 is 10.6 Å². The molecule has 2 N–H and O–H groups in total. The minimum atomic E-state index is 0.0345. The van der Waals surface area contributed by atoms with Crippen LogP contribution >= 0.6 is 0 Å². The molecule has 1 saturated carbocycles. The SMILES string of the molecule is CCNCC1CCN(C(=O)CNC(=O)CCC2CCCC2)CC1. The van der Waals surface area contributed by atoms with Gasteiger partial charge >= 0.3 is 0 Å². The molecule has 2 amide bonds. The second-order valence-electron chi connectivity index (χ2n) is 7.10. The summed E-state index contributed by atoms with van der Waals surface area (Å²) in [5.74, 6) is 1.51. The molecule has 0 radical (unpaired) electrons. The standard InChI is InChI=1S/C18H33N3O2/c1-2-19-13-16-9-11-21(12-10-16)18(23)14-20-17(22)8-7-15-5-3-4-6-15/h15-16,19H,2-14H2,1H3,(H,20,22). The van der Waals surface area contributed by atoms with E-state index in [9.17, 15) is 9.59 Å². The second-order valence-corrected chi connectivity index (χ2v) is 7.10. The van der Waals surface area contributed by atoms with Gasteiger partial charge in [-0.3, -0.25) is 9.59 Å². The third-order valence-electron chi connectivity index (χ3n) is 5.34. The van der Waals surface area contributed by atoms with E-state index >= 15 is 0 Å². The fourth-order valence-corrected chi connectivity index (χ4v) is 3.74. The first-order valence-corrected chi connectivity index (χ1v) is 9.44. The van der Waals surface area contributed by atoms with Crippen LogP contribution in [-0.2, 0) is 9.59 Å². The zero-order chi connectivity index (χ0) is 16.5. The predicted octanol–water partition coefficient (Wildman–Crippen LogP) is 1.92. The van der Waals surface area contributed by atoms with Crippen LogP contribution in [0.1, 0.15) is 58.3 Å². The maximum Gasteiger partial charge on any atom is 0.241 e. The lowest BCUT2D eigenvalue weighted by Crippen LogP contribution is -2.45. The van der Waals surface area contributed by atoms with Crippen molar-refractivity contribution in [2.24, 2.45) is 11.8 Å². The molecule has 2 aliphatic rings. The van der Waals surface area contributed by atoms with Crippen molar-refractivity contribution in [3.05, 3.63) is 0 Å². The Hall–Kier alpha value is -1.10.